The van der Waals surface area contributed by atoms with E-state index in [-0.39, 0.29) is 36.2 Å². The number of carbonyl (C=O) groups excluding carboxylic acids is 1. The number of hydrogen-bond acceptors (Lipinski definition) is 6. The smallest absolute Gasteiger partial charge is 0.397 e. The predicted octanol–water partition coefficient (Wildman–Crippen LogP) is 6.12. The second-order valence-corrected chi connectivity index (χ2v) is 13.8. The molecular formula is C33H29F7N8O2S. The first-order chi connectivity index (χ1) is 24.0. The fourth-order valence-corrected chi connectivity index (χ4v) is 7.69. The number of aromatic nitrogens is 5. The van der Waals surface area contributed by atoms with Gasteiger partial charge >= 0.3 is 6.18 Å². The molecule has 10 nitrogen and oxygen atoms in total. The summed E-state index contributed by atoms with van der Waals surface area (Å²) in [6, 6.07) is 8.19. The Bertz CT molecular complexity index is 2210. The van der Waals surface area contributed by atoms with E-state index in [1.165, 1.54) is 17.1 Å². The summed E-state index contributed by atoms with van der Waals surface area (Å²) in [6.45, 7) is -1.01. The maximum atomic E-state index is 15.5. The molecule has 1 fully saturated rings. The topological polar surface area (TPSA) is 133 Å². The number of amides is 1. The highest BCUT2D eigenvalue weighted by atomic mass is 32.2. The molecule has 5 aromatic rings. The maximum absolute atomic E-state index is 15.5. The third-order valence-electron chi connectivity index (χ3n) is 9.34. The first-order valence-electron chi connectivity index (χ1n) is 15.6. The predicted molar refractivity (Wildman–Crippen MR) is 174 cm³/mol. The van der Waals surface area contributed by atoms with E-state index in [9.17, 15) is 31.0 Å². The van der Waals surface area contributed by atoms with Crippen LogP contribution in [0.4, 0.5) is 42.2 Å². The number of aryl methyl sites for hydroxylation is 1. The Labute approximate surface area is 287 Å². The average molecular weight is 735 g/mol. The van der Waals surface area contributed by atoms with Crippen LogP contribution in [0.25, 0.3) is 22.0 Å². The molecule has 1 amide bonds. The standard InChI is InChI=1S/C33H29F7N8O2S/c1-47-28-19(4-3-5-21(28)31(45-47)46-51(2)50)22-12-18(41)13-42-27(22)24(10-15-8-16(34)11-17(35)9-15)43-25(49)14-48-30-26(29(44-48)33(38,39)40)20-6-7-23(20)32(30,36)37/h3-5,8-9,11-13,20,23-24H,6-7,10,14,41H2,1-2H3,(H,43,49)(H,45,46)/t20-,23+,24-,51?/m0/s1. The summed E-state index contributed by atoms with van der Waals surface area (Å²) >= 11 is 0. The largest absolute Gasteiger partial charge is 0.435 e. The van der Waals surface area contributed by atoms with E-state index in [1.807, 2.05) is 0 Å². The zero-order valence-corrected chi connectivity index (χ0v) is 27.7. The molecule has 4 atom stereocenters. The van der Waals surface area contributed by atoms with Crippen molar-refractivity contribution >= 4 is 39.3 Å². The lowest BCUT2D eigenvalue weighted by Crippen LogP contribution is -2.36. The molecule has 3 aromatic heterocycles. The number of carbonyl (C=O) groups is 1. The van der Waals surface area contributed by atoms with E-state index in [2.05, 4.69) is 25.2 Å². The van der Waals surface area contributed by atoms with Gasteiger partial charge in [0, 0.05) is 47.4 Å². The average Bonchev–Trinajstić information content (AvgIpc) is 3.57. The lowest BCUT2D eigenvalue weighted by Gasteiger charge is -2.34. The number of halogens is 7. The van der Waals surface area contributed by atoms with E-state index in [0.29, 0.717) is 38.6 Å². The van der Waals surface area contributed by atoms with E-state index >= 15 is 8.78 Å². The number of hydrogen-bond donors (Lipinski definition) is 3. The number of nitrogen functional groups attached to an aromatic ring is 1. The second-order valence-electron chi connectivity index (χ2n) is 12.7. The number of fused-ring (bicyclic) bond motifs is 4. The van der Waals surface area contributed by atoms with Crippen molar-refractivity contribution in [3.63, 3.8) is 0 Å². The number of nitrogens with one attached hydrogen (secondary N) is 2. The number of pyridine rings is 1. The Morgan fingerprint density at radius 1 is 1.10 bits per heavy atom. The maximum Gasteiger partial charge on any atom is 0.435 e. The summed E-state index contributed by atoms with van der Waals surface area (Å²) in [7, 11) is 0.174. The van der Waals surface area contributed by atoms with Gasteiger partial charge in [-0.15, -0.1) is 0 Å². The minimum Gasteiger partial charge on any atom is -0.397 e. The highest BCUT2D eigenvalue weighted by Gasteiger charge is 2.63. The van der Waals surface area contributed by atoms with Crippen LogP contribution in [-0.2, 0) is 47.9 Å². The number of anilines is 2. The number of alkyl halides is 5. The number of benzene rings is 2. The van der Waals surface area contributed by atoms with Crippen LogP contribution in [-0.4, -0.2) is 40.9 Å². The Morgan fingerprint density at radius 3 is 2.47 bits per heavy atom. The molecule has 51 heavy (non-hydrogen) atoms. The molecule has 1 unspecified atom stereocenters. The molecule has 2 aliphatic rings. The third-order valence-corrected chi connectivity index (χ3v) is 9.82. The fraction of sp³-hybridized carbons (Fsp3) is 0.333. The molecule has 2 aliphatic carbocycles. The minimum atomic E-state index is -5.03. The van der Waals surface area contributed by atoms with Gasteiger partial charge in [-0.05, 0) is 55.0 Å². The van der Waals surface area contributed by atoms with Gasteiger partial charge in [-0.25, -0.2) is 13.0 Å². The summed E-state index contributed by atoms with van der Waals surface area (Å²) in [5.41, 5.74) is 4.97. The van der Waals surface area contributed by atoms with Crippen LogP contribution in [0.2, 0.25) is 0 Å². The van der Waals surface area contributed by atoms with Crippen LogP contribution in [0.15, 0.2) is 48.7 Å². The number of nitrogens with zero attached hydrogens (tertiary/aromatic N) is 5. The summed E-state index contributed by atoms with van der Waals surface area (Å²) < 4.78 is 118. The normalized spacial score (nSPS) is 18.9. The molecule has 7 rings (SSSR count). The molecule has 0 spiro atoms. The van der Waals surface area contributed by atoms with E-state index in [1.54, 1.807) is 31.3 Å². The summed E-state index contributed by atoms with van der Waals surface area (Å²) in [6.07, 6.45) is -2.42. The van der Waals surface area contributed by atoms with Gasteiger partial charge < -0.3 is 11.1 Å². The molecule has 268 valence electrons. The molecule has 2 aromatic carbocycles. The van der Waals surface area contributed by atoms with Crippen LogP contribution >= 0.6 is 0 Å². The van der Waals surface area contributed by atoms with Gasteiger partial charge in [0.25, 0.3) is 5.92 Å². The van der Waals surface area contributed by atoms with Crippen LogP contribution in [0, 0.1) is 17.6 Å². The molecule has 0 radical (unpaired) electrons. The quantitative estimate of drug-likeness (QED) is 0.157. The van der Waals surface area contributed by atoms with Gasteiger partial charge in [0.15, 0.2) is 11.5 Å². The SMILES string of the molecule is Cn1nc(NS(C)=O)c2cccc(-c3cc(N)cnc3[C@H](Cc3cc(F)cc(F)c3)NC(=O)Cn3nc(C(F)(F)F)c4c3C(F)(F)[C@@H]3CC[C@H]43)c21. The molecule has 18 heteroatoms. The van der Waals surface area contributed by atoms with Crippen molar-refractivity contribution in [3.8, 4) is 11.1 Å². The molecule has 1 saturated carbocycles. The van der Waals surface area contributed by atoms with Gasteiger partial charge in [0.1, 0.15) is 34.9 Å². The first kappa shape index (κ1) is 34.4. The van der Waals surface area contributed by atoms with E-state index in [0.717, 1.165) is 12.1 Å². The monoisotopic (exact) mass is 734 g/mol. The lowest BCUT2D eigenvalue weighted by molar-refractivity contribution is -0.144. The van der Waals surface area contributed by atoms with Gasteiger partial charge in [0.05, 0.1) is 29.1 Å². The van der Waals surface area contributed by atoms with Gasteiger partial charge in [0.2, 0.25) is 5.91 Å². The summed E-state index contributed by atoms with van der Waals surface area (Å²) in [5.74, 6) is -8.49. The van der Waals surface area contributed by atoms with Crippen molar-refractivity contribution in [3.05, 3.63) is 88.5 Å². The number of para-hydroxylation sites is 1. The zero-order chi connectivity index (χ0) is 36.6. The van der Waals surface area contributed by atoms with Gasteiger partial charge in [-0.2, -0.15) is 32.1 Å². The zero-order valence-electron chi connectivity index (χ0n) is 26.9. The van der Waals surface area contributed by atoms with Crippen LogP contribution in [0.3, 0.4) is 0 Å². The van der Waals surface area contributed by atoms with Crippen molar-refractivity contribution in [1.82, 2.24) is 29.9 Å². The van der Waals surface area contributed by atoms with Gasteiger partial charge in [-0.1, -0.05) is 12.1 Å². The van der Waals surface area contributed by atoms with Crippen molar-refractivity contribution in [2.24, 2.45) is 13.0 Å². The lowest BCUT2D eigenvalue weighted by atomic mass is 9.73. The number of rotatable bonds is 9. The minimum absolute atomic E-state index is 0.0327. The summed E-state index contributed by atoms with van der Waals surface area (Å²) in [4.78, 5) is 18.2. The van der Waals surface area contributed by atoms with Crippen LogP contribution in [0.5, 0.6) is 0 Å². The highest BCUT2D eigenvalue weighted by Crippen LogP contribution is 2.64. The van der Waals surface area contributed by atoms with Crippen molar-refractivity contribution in [1.29, 1.82) is 0 Å². The fourth-order valence-electron chi connectivity index (χ4n) is 7.26. The molecule has 3 heterocycles. The van der Waals surface area contributed by atoms with Crippen LogP contribution < -0.4 is 15.8 Å². The molecule has 4 N–H and O–H groups in total. The summed E-state index contributed by atoms with van der Waals surface area (Å²) in [5, 5.41) is 11.1. The Morgan fingerprint density at radius 2 is 1.82 bits per heavy atom. The third kappa shape index (κ3) is 6.08. The Balaban J connectivity index is 1.32. The second kappa shape index (κ2) is 12.3. The van der Waals surface area contributed by atoms with E-state index < -0.39 is 82.0 Å². The van der Waals surface area contributed by atoms with E-state index in [4.69, 9.17) is 5.73 Å². The Hall–Kier alpha value is -5.00. The Kier molecular flexibility index (Phi) is 8.34. The highest BCUT2D eigenvalue weighted by molar-refractivity contribution is 7.85. The molecule has 0 saturated heterocycles. The molecule has 0 aliphatic heterocycles. The van der Waals surface area contributed by atoms with Crippen molar-refractivity contribution in [2.45, 2.75) is 49.9 Å². The molecular weight excluding hydrogens is 705 g/mol. The van der Waals surface area contributed by atoms with Crippen LogP contribution in [0.1, 0.15) is 53.0 Å². The first-order valence-corrected chi connectivity index (χ1v) is 17.2. The van der Waals surface area contributed by atoms with Crippen molar-refractivity contribution < 1.29 is 39.7 Å². The molecule has 0 bridgehead atoms. The number of nitrogens with two attached hydrogens (primary N) is 1. The van der Waals surface area contributed by atoms with Crippen molar-refractivity contribution in [2.75, 3.05) is 16.7 Å². The van der Waals surface area contributed by atoms with Gasteiger partial charge in [-0.3, -0.25) is 23.9 Å².